The van der Waals surface area contributed by atoms with Crippen LogP contribution in [0.1, 0.15) is 31.9 Å². The highest BCUT2D eigenvalue weighted by Crippen LogP contribution is 2.42. The first kappa shape index (κ1) is 24.4. The lowest BCUT2D eigenvalue weighted by Gasteiger charge is -2.29. The number of aryl methyl sites for hydroxylation is 3. The fourth-order valence-electron chi connectivity index (χ4n) is 7.38. The summed E-state index contributed by atoms with van der Waals surface area (Å²) in [5.74, 6) is 0. The number of benzene rings is 4. The fraction of sp³-hybridized carbons (Fsp3) is 0.250. The minimum absolute atomic E-state index is 1.27. The van der Waals surface area contributed by atoms with E-state index < -0.39 is 8.07 Å². The molecule has 0 aliphatic carbocycles. The highest BCUT2D eigenvalue weighted by Gasteiger charge is 2.32. The summed E-state index contributed by atoms with van der Waals surface area (Å²) in [5, 5.41) is 8.47. The molecule has 4 aromatic carbocycles. The molecule has 3 heterocycles. The van der Waals surface area contributed by atoms with Crippen LogP contribution in [0.15, 0.2) is 79.0 Å². The molecule has 0 atom stereocenters. The Morgan fingerprint density at radius 2 is 1.46 bits per heavy atom. The van der Waals surface area contributed by atoms with Gasteiger partial charge in [-0.1, -0.05) is 86.6 Å². The summed E-state index contributed by atoms with van der Waals surface area (Å²) in [6.45, 7) is 11.8. The second-order valence-corrected chi connectivity index (χ2v) is 16.9. The minimum Gasteiger partial charge on any atom is -0.307 e. The molecule has 0 aliphatic rings. The van der Waals surface area contributed by atoms with Crippen LogP contribution in [0.4, 0.5) is 0 Å². The van der Waals surface area contributed by atoms with E-state index in [1.54, 1.807) is 5.19 Å². The summed E-state index contributed by atoms with van der Waals surface area (Å²) in [5.41, 5.74) is 10.7. The van der Waals surface area contributed by atoms with Gasteiger partial charge in [0.15, 0.2) is 6.20 Å². The molecule has 3 heteroatoms. The van der Waals surface area contributed by atoms with E-state index >= 15 is 0 Å². The van der Waals surface area contributed by atoms with Crippen LogP contribution >= 0.6 is 0 Å². The largest absolute Gasteiger partial charge is 0.307 e. The molecular formula is C36H37N2Si+. The topological polar surface area (TPSA) is 8.29 Å². The smallest absolute Gasteiger partial charge is 0.224 e. The molecule has 7 rings (SSSR count). The molecule has 0 N–H and O–H groups in total. The standard InChI is InChI=1S/C36H37N2Si/c1-7-39(8-2,9-3)28-20-27-17-18-37(6)36-33-24(5)23(4)19-30-29-21-26(25-13-11-10-12-14-25)15-16-31(29)38(35(30)33)32(22-28)34(27)36/h10-22H,7-9H2,1-6H3/q+1. The van der Waals surface area contributed by atoms with E-state index in [9.17, 15) is 0 Å². The molecule has 0 unspecified atom stereocenters. The Morgan fingerprint density at radius 3 is 2.18 bits per heavy atom. The highest BCUT2D eigenvalue weighted by molar-refractivity contribution is 6.92. The number of fused-ring (bicyclic) bond motifs is 5. The first-order valence-electron chi connectivity index (χ1n) is 14.5. The van der Waals surface area contributed by atoms with Crippen LogP contribution in [0, 0.1) is 13.8 Å². The molecule has 0 bridgehead atoms. The van der Waals surface area contributed by atoms with E-state index in [0.717, 1.165) is 0 Å². The third-order valence-electron chi connectivity index (χ3n) is 10.0. The number of hydrogen-bond donors (Lipinski definition) is 0. The number of rotatable bonds is 5. The second kappa shape index (κ2) is 8.66. The van der Waals surface area contributed by atoms with Crippen molar-refractivity contribution >= 4 is 62.3 Å². The Balaban J connectivity index is 1.75. The molecular weight excluding hydrogens is 488 g/mol. The van der Waals surface area contributed by atoms with Crippen molar-refractivity contribution in [2.75, 3.05) is 0 Å². The van der Waals surface area contributed by atoms with Gasteiger partial charge in [0, 0.05) is 16.8 Å². The third kappa shape index (κ3) is 3.23. The molecule has 194 valence electrons. The molecule has 7 aromatic rings. The summed E-state index contributed by atoms with van der Waals surface area (Å²) in [4.78, 5) is 0. The van der Waals surface area contributed by atoms with Gasteiger partial charge in [-0.3, -0.25) is 0 Å². The van der Waals surface area contributed by atoms with Crippen molar-refractivity contribution in [3.63, 3.8) is 0 Å². The lowest BCUT2D eigenvalue weighted by atomic mass is 9.96. The van der Waals surface area contributed by atoms with Crippen molar-refractivity contribution in [2.24, 2.45) is 7.05 Å². The van der Waals surface area contributed by atoms with E-state index in [2.05, 4.69) is 130 Å². The van der Waals surface area contributed by atoms with Gasteiger partial charge in [-0.25, -0.2) is 4.57 Å². The highest BCUT2D eigenvalue weighted by atomic mass is 28.3. The Morgan fingerprint density at radius 1 is 0.718 bits per heavy atom. The Kier molecular flexibility index (Phi) is 5.41. The maximum Gasteiger partial charge on any atom is 0.224 e. The molecule has 2 nitrogen and oxygen atoms in total. The van der Waals surface area contributed by atoms with E-state index in [1.165, 1.54) is 89.4 Å². The van der Waals surface area contributed by atoms with Gasteiger partial charge in [-0.2, -0.15) is 0 Å². The predicted octanol–water partition coefficient (Wildman–Crippen LogP) is 8.81. The zero-order valence-electron chi connectivity index (χ0n) is 24.0. The molecule has 0 amide bonds. The maximum absolute atomic E-state index is 2.61. The average Bonchev–Trinajstić information content (AvgIpc) is 3.29. The minimum atomic E-state index is -1.58. The van der Waals surface area contributed by atoms with Crippen LogP contribution < -0.4 is 9.75 Å². The van der Waals surface area contributed by atoms with E-state index in [0.29, 0.717) is 0 Å². The van der Waals surface area contributed by atoms with Crippen LogP contribution in [-0.4, -0.2) is 12.5 Å². The van der Waals surface area contributed by atoms with Gasteiger partial charge in [0.05, 0.1) is 35.4 Å². The van der Waals surface area contributed by atoms with Gasteiger partial charge in [-0.05, 0) is 65.8 Å². The average molecular weight is 526 g/mol. The maximum atomic E-state index is 2.61. The zero-order valence-corrected chi connectivity index (χ0v) is 25.0. The van der Waals surface area contributed by atoms with Crippen molar-refractivity contribution in [3.8, 4) is 11.1 Å². The van der Waals surface area contributed by atoms with Crippen LogP contribution in [0.25, 0.3) is 60.1 Å². The summed E-state index contributed by atoms with van der Waals surface area (Å²) in [6.07, 6.45) is 2.28. The molecule has 0 aliphatic heterocycles. The van der Waals surface area contributed by atoms with Gasteiger partial charge in [0.1, 0.15) is 7.05 Å². The lowest BCUT2D eigenvalue weighted by molar-refractivity contribution is -0.643. The Bertz CT molecular complexity index is 2040. The van der Waals surface area contributed by atoms with Crippen molar-refractivity contribution in [3.05, 3.63) is 90.1 Å². The van der Waals surface area contributed by atoms with Crippen LogP contribution in [0.5, 0.6) is 0 Å². The summed E-state index contributed by atoms with van der Waals surface area (Å²) in [7, 11) is 0.637. The van der Waals surface area contributed by atoms with Gasteiger partial charge in [0.25, 0.3) is 0 Å². The monoisotopic (exact) mass is 525 g/mol. The fourth-order valence-corrected chi connectivity index (χ4v) is 11.0. The van der Waals surface area contributed by atoms with Crippen molar-refractivity contribution in [1.82, 2.24) is 4.40 Å². The third-order valence-corrected chi connectivity index (χ3v) is 15.6. The molecule has 0 fully saturated rings. The van der Waals surface area contributed by atoms with Gasteiger partial charge in [0.2, 0.25) is 5.52 Å². The summed E-state index contributed by atoms with van der Waals surface area (Å²) >= 11 is 0. The molecule has 0 saturated heterocycles. The van der Waals surface area contributed by atoms with Crippen molar-refractivity contribution < 1.29 is 4.57 Å². The Labute approximate surface area is 231 Å². The van der Waals surface area contributed by atoms with E-state index in [1.807, 2.05) is 0 Å². The first-order chi connectivity index (χ1) is 18.9. The lowest BCUT2D eigenvalue weighted by Crippen LogP contribution is -2.45. The molecule has 3 aromatic heterocycles. The normalized spacial score (nSPS) is 12.7. The predicted molar refractivity (Wildman–Crippen MR) is 172 cm³/mol. The first-order valence-corrected chi connectivity index (χ1v) is 17.2. The zero-order chi connectivity index (χ0) is 27.1. The SMILES string of the molecule is CC[Si](CC)(CC)c1cc2cc[n+](C)c3c4c(C)c(C)cc5c6cc(-c7ccccc7)ccc6n(c(c1)c23)c54. The van der Waals surface area contributed by atoms with Crippen LogP contribution in [-0.2, 0) is 7.05 Å². The number of aromatic nitrogens is 2. The number of pyridine rings is 2. The van der Waals surface area contributed by atoms with Crippen molar-refractivity contribution in [1.29, 1.82) is 0 Å². The number of nitrogens with zero attached hydrogens (tertiary/aromatic N) is 2. The molecule has 39 heavy (non-hydrogen) atoms. The summed E-state index contributed by atoms with van der Waals surface area (Å²) in [6, 6.07) is 31.7. The van der Waals surface area contributed by atoms with Crippen molar-refractivity contribution in [2.45, 2.75) is 52.8 Å². The van der Waals surface area contributed by atoms with Crippen LogP contribution in [0.3, 0.4) is 0 Å². The molecule has 0 saturated carbocycles. The van der Waals surface area contributed by atoms with Crippen LogP contribution in [0.2, 0.25) is 18.1 Å². The Hall–Kier alpha value is -3.69. The van der Waals surface area contributed by atoms with Gasteiger partial charge >= 0.3 is 0 Å². The number of hydrogen-bond acceptors (Lipinski definition) is 0. The second-order valence-electron chi connectivity index (χ2n) is 11.6. The molecule has 0 spiro atoms. The van der Waals surface area contributed by atoms with E-state index in [4.69, 9.17) is 0 Å². The van der Waals surface area contributed by atoms with Gasteiger partial charge < -0.3 is 4.40 Å². The summed E-state index contributed by atoms with van der Waals surface area (Å²) < 4.78 is 4.97. The van der Waals surface area contributed by atoms with E-state index in [-0.39, 0.29) is 0 Å². The molecule has 0 radical (unpaired) electrons. The van der Waals surface area contributed by atoms with Gasteiger partial charge in [-0.15, -0.1) is 0 Å². The quantitative estimate of drug-likeness (QED) is 0.0918.